The second kappa shape index (κ2) is 7.46. The highest BCUT2D eigenvalue weighted by Crippen LogP contribution is 2.15. The Morgan fingerprint density at radius 3 is 3.00 bits per heavy atom. The number of anilines is 1. The predicted octanol–water partition coefficient (Wildman–Crippen LogP) is 1.95. The number of benzene rings is 1. The summed E-state index contributed by atoms with van der Waals surface area (Å²) < 4.78 is 13.3. The third kappa shape index (κ3) is 4.48. The summed E-state index contributed by atoms with van der Waals surface area (Å²) in [7, 11) is 0. The van der Waals surface area contributed by atoms with E-state index in [1.54, 1.807) is 12.1 Å². The highest BCUT2D eigenvalue weighted by molar-refractivity contribution is 5.46. The van der Waals surface area contributed by atoms with Crippen LogP contribution in [0.1, 0.15) is 13.3 Å². The lowest BCUT2D eigenvalue weighted by atomic mass is 10.2. The van der Waals surface area contributed by atoms with Crippen LogP contribution in [0.15, 0.2) is 24.3 Å². The van der Waals surface area contributed by atoms with Crippen molar-refractivity contribution >= 4 is 5.69 Å². The third-order valence-electron chi connectivity index (χ3n) is 3.67. The lowest BCUT2D eigenvalue weighted by Crippen LogP contribution is -2.37. The molecule has 2 rings (SSSR count). The molecule has 0 aromatic heterocycles. The van der Waals surface area contributed by atoms with Crippen LogP contribution in [0.2, 0.25) is 0 Å². The quantitative estimate of drug-likeness (QED) is 0.878. The van der Waals surface area contributed by atoms with Crippen LogP contribution in [0.4, 0.5) is 10.1 Å². The molecule has 1 heterocycles. The van der Waals surface area contributed by atoms with Crippen molar-refractivity contribution in [2.75, 3.05) is 50.7 Å². The zero-order valence-corrected chi connectivity index (χ0v) is 11.7. The largest absolute Gasteiger partial charge is 0.370 e. The van der Waals surface area contributed by atoms with Crippen LogP contribution in [0.25, 0.3) is 0 Å². The first-order chi connectivity index (χ1) is 9.29. The van der Waals surface area contributed by atoms with Crippen molar-refractivity contribution in [1.29, 1.82) is 0 Å². The number of nitrogens with zero attached hydrogens (tertiary/aromatic N) is 2. The Bertz CT molecular complexity index is 375. The van der Waals surface area contributed by atoms with E-state index in [2.05, 4.69) is 22.0 Å². The number of likely N-dealkylation sites (N-methyl/N-ethyl adjacent to an activating group) is 1. The molecule has 0 bridgehead atoms. The van der Waals surface area contributed by atoms with E-state index in [0.29, 0.717) is 0 Å². The van der Waals surface area contributed by atoms with Gasteiger partial charge in [0.2, 0.25) is 0 Å². The molecule has 0 saturated carbocycles. The average molecular weight is 265 g/mol. The summed E-state index contributed by atoms with van der Waals surface area (Å²) >= 11 is 0. The zero-order valence-electron chi connectivity index (χ0n) is 11.7. The minimum absolute atomic E-state index is 0.157. The molecule has 1 aliphatic heterocycles. The van der Waals surface area contributed by atoms with Gasteiger partial charge in [0.1, 0.15) is 5.82 Å². The lowest BCUT2D eigenvalue weighted by Gasteiger charge is -2.27. The molecule has 3 nitrogen and oxygen atoms in total. The molecule has 19 heavy (non-hydrogen) atoms. The molecule has 4 heteroatoms. The Balaban J connectivity index is 1.88. The summed E-state index contributed by atoms with van der Waals surface area (Å²) in [6.45, 7) is 9.51. The summed E-state index contributed by atoms with van der Waals surface area (Å²) in [5.41, 5.74) is 0.982. The molecular formula is C15H24FN3. The van der Waals surface area contributed by atoms with Crippen molar-refractivity contribution in [3.05, 3.63) is 30.1 Å². The number of halogens is 1. The maximum atomic E-state index is 13.3. The normalized spacial score (nSPS) is 17.2. The fourth-order valence-corrected chi connectivity index (χ4v) is 2.53. The molecule has 0 atom stereocenters. The van der Waals surface area contributed by atoms with E-state index in [1.165, 1.54) is 12.5 Å². The van der Waals surface area contributed by atoms with Gasteiger partial charge in [0.25, 0.3) is 0 Å². The van der Waals surface area contributed by atoms with E-state index in [1.807, 2.05) is 6.07 Å². The van der Waals surface area contributed by atoms with Gasteiger partial charge >= 0.3 is 0 Å². The maximum Gasteiger partial charge on any atom is 0.125 e. The van der Waals surface area contributed by atoms with Crippen molar-refractivity contribution < 1.29 is 4.39 Å². The van der Waals surface area contributed by atoms with Crippen LogP contribution >= 0.6 is 0 Å². The second-order valence-corrected chi connectivity index (χ2v) is 5.00. The third-order valence-corrected chi connectivity index (χ3v) is 3.67. The van der Waals surface area contributed by atoms with Gasteiger partial charge in [-0.3, -0.25) is 0 Å². The average Bonchev–Trinajstić information content (AvgIpc) is 2.68. The van der Waals surface area contributed by atoms with E-state index in [4.69, 9.17) is 0 Å². The van der Waals surface area contributed by atoms with Crippen molar-refractivity contribution in [3.8, 4) is 0 Å². The first-order valence-corrected chi connectivity index (χ1v) is 7.23. The van der Waals surface area contributed by atoms with Gasteiger partial charge in [-0.1, -0.05) is 6.07 Å². The topological polar surface area (TPSA) is 18.5 Å². The number of rotatable bonds is 5. The Kier molecular flexibility index (Phi) is 5.61. The Labute approximate surface area is 115 Å². The van der Waals surface area contributed by atoms with Gasteiger partial charge in [-0.15, -0.1) is 0 Å². The van der Waals surface area contributed by atoms with E-state index < -0.39 is 0 Å². The van der Waals surface area contributed by atoms with Crippen LogP contribution in [0.3, 0.4) is 0 Å². The van der Waals surface area contributed by atoms with Crippen molar-refractivity contribution in [3.63, 3.8) is 0 Å². The Morgan fingerprint density at radius 1 is 1.32 bits per heavy atom. The van der Waals surface area contributed by atoms with Gasteiger partial charge in [0.05, 0.1) is 0 Å². The molecule has 106 valence electrons. The second-order valence-electron chi connectivity index (χ2n) is 5.00. The summed E-state index contributed by atoms with van der Waals surface area (Å²) in [4.78, 5) is 4.73. The summed E-state index contributed by atoms with van der Waals surface area (Å²) in [5, 5.41) is 3.41. The van der Waals surface area contributed by atoms with Gasteiger partial charge < -0.3 is 15.1 Å². The van der Waals surface area contributed by atoms with Crippen LogP contribution < -0.4 is 10.2 Å². The van der Waals surface area contributed by atoms with Crippen LogP contribution in [0.5, 0.6) is 0 Å². The van der Waals surface area contributed by atoms with Gasteiger partial charge in [-0.05, 0) is 44.6 Å². The zero-order chi connectivity index (χ0) is 13.5. The summed E-state index contributed by atoms with van der Waals surface area (Å²) in [5.74, 6) is -0.157. The highest BCUT2D eigenvalue weighted by Gasteiger charge is 2.11. The van der Waals surface area contributed by atoms with Crippen molar-refractivity contribution in [1.82, 2.24) is 10.2 Å². The SMILES string of the molecule is CCN(CCN1CCCNCC1)c1cccc(F)c1. The van der Waals surface area contributed by atoms with Gasteiger partial charge in [-0.25, -0.2) is 4.39 Å². The molecule has 1 fully saturated rings. The molecule has 0 unspecified atom stereocenters. The fraction of sp³-hybridized carbons (Fsp3) is 0.600. The fourth-order valence-electron chi connectivity index (χ4n) is 2.53. The van der Waals surface area contributed by atoms with Crippen molar-refractivity contribution in [2.24, 2.45) is 0 Å². The summed E-state index contributed by atoms with van der Waals surface area (Å²) in [6, 6.07) is 6.88. The molecule has 0 amide bonds. The molecule has 1 aromatic rings. The Morgan fingerprint density at radius 2 is 2.21 bits per heavy atom. The predicted molar refractivity (Wildman–Crippen MR) is 78.2 cm³/mol. The monoisotopic (exact) mass is 265 g/mol. The molecule has 1 N–H and O–H groups in total. The molecule has 1 saturated heterocycles. The molecule has 1 aliphatic rings. The van der Waals surface area contributed by atoms with Gasteiger partial charge in [0.15, 0.2) is 0 Å². The van der Waals surface area contributed by atoms with E-state index in [0.717, 1.165) is 51.5 Å². The number of hydrogen-bond acceptors (Lipinski definition) is 3. The van der Waals surface area contributed by atoms with Gasteiger partial charge in [0, 0.05) is 38.4 Å². The summed E-state index contributed by atoms with van der Waals surface area (Å²) in [6.07, 6.45) is 1.21. The smallest absolute Gasteiger partial charge is 0.125 e. The van der Waals surface area contributed by atoms with Crippen LogP contribution in [-0.2, 0) is 0 Å². The first-order valence-electron chi connectivity index (χ1n) is 7.23. The number of nitrogens with one attached hydrogen (secondary N) is 1. The highest BCUT2D eigenvalue weighted by atomic mass is 19.1. The molecule has 1 aromatic carbocycles. The van der Waals surface area contributed by atoms with Crippen LogP contribution in [-0.4, -0.2) is 50.7 Å². The molecule has 0 spiro atoms. The standard InChI is InChI=1S/C15H24FN3/c1-2-19(15-6-3-5-14(16)13-15)12-11-18-9-4-7-17-8-10-18/h3,5-6,13,17H,2,4,7-12H2,1H3. The Hall–Kier alpha value is -1.13. The first kappa shape index (κ1) is 14.3. The minimum Gasteiger partial charge on any atom is -0.370 e. The van der Waals surface area contributed by atoms with Crippen LogP contribution in [0, 0.1) is 5.82 Å². The van der Waals surface area contributed by atoms with E-state index in [9.17, 15) is 4.39 Å². The van der Waals surface area contributed by atoms with E-state index >= 15 is 0 Å². The number of hydrogen-bond donors (Lipinski definition) is 1. The van der Waals surface area contributed by atoms with Gasteiger partial charge in [-0.2, -0.15) is 0 Å². The molecular weight excluding hydrogens is 241 g/mol. The minimum atomic E-state index is -0.157. The lowest BCUT2D eigenvalue weighted by molar-refractivity contribution is 0.298. The molecule has 0 aliphatic carbocycles. The van der Waals surface area contributed by atoms with Crippen molar-refractivity contribution in [2.45, 2.75) is 13.3 Å². The van der Waals surface area contributed by atoms with E-state index in [-0.39, 0.29) is 5.82 Å². The maximum absolute atomic E-state index is 13.3. The molecule has 0 radical (unpaired) electrons.